The number of H-pyrrole nitrogens is 1. The van der Waals surface area contributed by atoms with Crippen molar-refractivity contribution in [1.29, 1.82) is 0 Å². The molecule has 0 aliphatic carbocycles. The Morgan fingerprint density at radius 3 is 3.09 bits per heavy atom. The number of aryl methyl sites for hydroxylation is 1. The van der Waals surface area contributed by atoms with Gasteiger partial charge in [0.25, 0.3) is 17.4 Å². The first kappa shape index (κ1) is 14.4. The highest BCUT2D eigenvalue weighted by atomic mass is 16.6. The number of furan rings is 1. The summed E-state index contributed by atoms with van der Waals surface area (Å²) in [5, 5.41) is 0. The minimum Gasteiger partial charge on any atom is -0.465 e. The Kier molecular flexibility index (Phi) is 3.70. The third-order valence-electron chi connectivity index (χ3n) is 3.55. The first-order valence-corrected chi connectivity index (χ1v) is 7.19. The van der Waals surface area contributed by atoms with Gasteiger partial charge in [-0.05, 0) is 19.9 Å². The predicted molar refractivity (Wildman–Crippen MR) is 77.9 cm³/mol. The molecule has 0 radical (unpaired) electrons. The molecule has 1 aliphatic rings. The molecule has 0 saturated carbocycles. The number of fused-ring (bicyclic) bond motifs is 1. The van der Waals surface area contributed by atoms with Gasteiger partial charge in [0, 0.05) is 19.0 Å². The van der Waals surface area contributed by atoms with Gasteiger partial charge in [-0.2, -0.15) is 0 Å². The van der Waals surface area contributed by atoms with Crippen LogP contribution in [-0.2, 0) is 13.0 Å². The van der Waals surface area contributed by atoms with Crippen LogP contribution in [0.1, 0.15) is 34.6 Å². The van der Waals surface area contributed by atoms with Crippen LogP contribution in [0, 0.1) is 6.92 Å². The van der Waals surface area contributed by atoms with E-state index >= 15 is 0 Å². The second-order valence-electron chi connectivity index (χ2n) is 5.10. The Hall–Kier alpha value is -2.57. The molecule has 2 aromatic heterocycles. The molecule has 0 saturated heterocycles. The summed E-state index contributed by atoms with van der Waals surface area (Å²) in [6, 6.07) is 3.20. The quantitative estimate of drug-likeness (QED) is 0.922. The van der Waals surface area contributed by atoms with E-state index in [0.717, 1.165) is 5.69 Å². The van der Waals surface area contributed by atoms with Crippen molar-refractivity contribution in [3.8, 4) is 5.95 Å². The summed E-state index contributed by atoms with van der Waals surface area (Å²) < 4.78 is 10.6. The molecule has 0 aromatic carbocycles. The number of nitrogens with zero attached hydrogens (tertiary/aromatic N) is 2. The second-order valence-corrected chi connectivity index (χ2v) is 5.10. The second kappa shape index (κ2) is 5.67. The first-order valence-electron chi connectivity index (χ1n) is 7.19. The van der Waals surface area contributed by atoms with Crippen molar-refractivity contribution in [1.82, 2.24) is 14.9 Å². The van der Waals surface area contributed by atoms with Crippen LogP contribution >= 0.6 is 0 Å². The van der Waals surface area contributed by atoms with Gasteiger partial charge in [0.05, 0.1) is 24.4 Å². The molecule has 1 aliphatic heterocycles. The zero-order chi connectivity index (χ0) is 15.7. The zero-order valence-corrected chi connectivity index (χ0v) is 12.5. The van der Waals surface area contributed by atoms with Crippen LogP contribution in [0.2, 0.25) is 0 Å². The predicted octanol–water partition coefficient (Wildman–Crippen LogP) is 1.27. The number of aromatic amines is 1. The maximum Gasteiger partial charge on any atom is 0.290 e. The van der Waals surface area contributed by atoms with E-state index in [1.165, 1.54) is 0 Å². The fourth-order valence-corrected chi connectivity index (χ4v) is 2.53. The molecule has 22 heavy (non-hydrogen) atoms. The van der Waals surface area contributed by atoms with E-state index in [9.17, 15) is 9.59 Å². The lowest BCUT2D eigenvalue weighted by molar-refractivity contribution is 0.0692. The number of ether oxygens (including phenoxy) is 1. The van der Waals surface area contributed by atoms with Gasteiger partial charge in [-0.3, -0.25) is 9.59 Å². The topological polar surface area (TPSA) is 88.4 Å². The molecule has 116 valence electrons. The number of hydrogen-bond acceptors (Lipinski definition) is 5. The van der Waals surface area contributed by atoms with Gasteiger partial charge in [-0.1, -0.05) is 0 Å². The van der Waals surface area contributed by atoms with E-state index < -0.39 is 0 Å². The average molecular weight is 303 g/mol. The van der Waals surface area contributed by atoms with Gasteiger partial charge in [-0.15, -0.1) is 0 Å². The van der Waals surface area contributed by atoms with Crippen molar-refractivity contribution in [2.45, 2.75) is 26.8 Å². The first-order chi connectivity index (χ1) is 10.6. The molecule has 2 aromatic rings. The number of carbonyl (C=O) groups is 1. The zero-order valence-electron chi connectivity index (χ0n) is 12.5. The summed E-state index contributed by atoms with van der Waals surface area (Å²) in [5.74, 6) is 0.870. The minimum atomic E-state index is -0.253. The van der Waals surface area contributed by atoms with Gasteiger partial charge >= 0.3 is 0 Å². The van der Waals surface area contributed by atoms with Gasteiger partial charge in [-0.25, -0.2) is 4.98 Å². The van der Waals surface area contributed by atoms with E-state index in [-0.39, 0.29) is 23.8 Å². The average Bonchev–Trinajstić information content (AvgIpc) is 2.95. The van der Waals surface area contributed by atoms with E-state index in [1.54, 1.807) is 24.0 Å². The Balaban J connectivity index is 1.81. The van der Waals surface area contributed by atoms with E-state index in [1.807, 2.05) is 6.92 Å². The lowest BCUT2D eigenvalue weighted by atomic mass is 10.1. The molecular weight excluding hydrogens is 286 g/mol. The SMILES string of the molecule is CCOc1ccc(C(=O)N2CCc3nc(C)[nH]c(=O)c3C2)o1. The Morgan fingerprint density at radius 1 is 1.50 bits per heavy atom. The fraction of sp³-hybridized carbons (Fsp3) is 0.400. The summed E-state index contributed by atoms with van der Waals surface area (Å²) in [4.78, 5) is 33.0. The molecule has 7 nitrogen and oxygen atoms in total. The van der Waals surface area contributed by atoms with Crippen LogP contribution in [0.3, 0.4) is 0 Å². The number of rotatable bonds is 3. The highest BCUT2D eigenvalue weighted by Crippen LogP contribution is 2.20. The van der Waals surface area contributed by atoms with Crippen molar-refractivity contribution in [2.24, 2.45) is 0 Å². The number of aromatic nitrogens is 2. The molecular formula is C15H17N3O4. The molecule has 1 N–H and O–H groups in total. The minimum absolute atomic E-state index is 0.186. The van der Waals surface area contributed by atoms with Gasteiger partial charge in [0.2, 0.25) is 0 Å². The van der Waals surface area contributed by atoms with Crippen molar-refractivity contribution in [3.63, 3.8) is 0 Å². The highest BCUT2D eigenvalue weighted by Gasteiger charge is 2.26. The lowest BCUT2D eigenvalue weighted by Crippen LogP contribution is -2.39. The number of nitrogens with one attached hydrogen (secondary N) is 1. The number of hydrogen-bond donors (Lipinski definition) is 1. The van der Waals surface area contributed by atoms with Crippen molar-refractivity contribution in [2.75, 3.05) is 13.2 Å². The summed E-state index contributed by atoms with van der Waals surface area (Å²) in [5.41, 5.74) is 1.12. The van der Waals surface area contributed by atoms with Gasteiger partial charge < -0.3 is 19.0 Å². The van der Waals surface area contributed by atoms with Crippen molar-refractivity contribution >= 4 is 5.91 Å². The fourth-order valence-electron chi connectivity index (χ4n) is 2.53. The highest BCUT2D eigenvalue weighted by molar-refractivity contribution is 5.91. The molecule has 0 atom stereocenters. The molecule has 7 heteroatoms. The van der Waals surface area contributed by atoms with Gasteiger partial charge in [0.1, 0.15) is 5.82 Å². The standard InChI is InChI=1S/C15H17N3O4/c1-3-21-13-5-4-12(22-13)15(20)18-7-6-11-10(8-18)14(19)17-9(2)16-11/h4-5H,3,6-8H2,1-2H3,(H,16,17,19). The van der Waals surface area contributed by atoms with Crippen LogP contribution in [-0.4, -0.2) is 33.9 Å². The summed E-state index contributed by atoms with van der Waals surface area (Å²) in [6.07, 6.45) is 0.560. The molecule has 0 unspecified atom stereocenters. The molecule has 3 rings (SSSR count). The smallest absolute Gasteiger partial charge is 0.290 e. The van der Waals surface area contributed by atoms with E-state index in [2.05, 4.69) is 9.97 Å². The maximum atomic E-state index is 12.4. The Morgan fingerprint density at radius 2 is 2.32 bits per heavy atom. The normalized spacial score (nSPS) is 13.8. The lowest BCUT2D eigenvalue weighted by Gasteiger charge is -2.26. The van der Waals surface area contributed by atoms with Crippen LogP contribution in [0.5, 0.6) is 5.95 Å². The number of amides is 1. The van der Waals surface area contributed by atoms with Crippen molar-refractivity contribution in [3.05, 3.63) is 45.3 Å². The van der Waals surface area contributed by atoms with Gasteiger partial charge in [0.15, 0.2) is 5.76 Å². The van der Waals surface area contributed by atoms with Crippen LogP contribution in [0.4, 0.5) is 0 Å². The van der Waals surface area contributed by atoms with E-state index in [0.29, 0.717) is 36.9 Å². The van der Waals surface area contributed by atoms with Crippen molar-refractivity contribution < 1.29 is 13.9 Å². The van der Waals surface area contributed by atoms with E-state index in [4.69, 9.17) is 9.15 Å². The molecule has 1 amide bonds. The van der Waals surface area contributed by atoms with Crippen LogP contribution in [0.25, 0.3) is 0 Å². The molecule has 0 spiro atoms. The summed E-state index contributed by atoms with van der Waals surface area (Å²) in [6.45, 7) is 4.80. The molecule has 0 bridgehead atoms. The summed E-state index contributed by atoms with van der Waals surface area (Å²) in [7, 11) is 0. The monoisotopic (exact) mass is 303 g/mol. The Labute approximate surface area is 126 Å². The molecule has 0 fully saturated rings. The number of carbonyl (C=O) groups excluding carboxylic acids is 1. The molecule has 3 heterocycles. The third-order valence-corrected chi connectivity index (χ3v) is 3.55. The Bertz CT molecular complexity index is 762. The maximum absolute atomic E-state index is 12.4. The van der Waals surface area contributed by atoms with Crippen LogP contribution < -0.4 is 10.3 Å². The largest absolute Gasteiger partial charge is 0.465 e. The van der Waals surface area contributed by atoms with Crippen LogP contribution in [0.15, 0.2) is 21.3 Å². The summed E-state index contributed by atoms with van der Waals surface area (Å²) >= 11 is 0. The third kappa shape index (κ3) is 2.61.